The molecule has 0 saturated carbocycles. The first-order valence-electron chi connectivity index (χ1n) is 16.1. The molecule has 2 aromatic carbocycles. The van der Waals surface area contributed by atoms with E-state index in [0.717, 1.165) is 47.6 Å². The molecule has 0 spiro atoms. The number of amides is 1. The first kappa shape index (κ1) is 34.9. The first-order chi connectivity index (χ1) is 21.9. The Morgan fingerprint density at radius 1 is 1.02 bits per heavy atom. The number of hydrogen-bond donors (Lipinski definition) is 2. The molecule has 2 unspecified atom stereocenters. The quantitative estimate of drug-likeness (QED) is 0.217. The zero-order valence-corrected chi connectivity index (χ0v) is 27.5. The van der Waals surface area contributed by atoms with Crippen LogP contribution in [0.1, 0.15) is 72.2 Å². The van der Waals surface area contributed by atoms with E-state index in [0.29, 0.717) is 36.9 Å². The van der Waals surface area contributed by atoms with Gasteiger partial charge in [0.05, 0.1) is 24.8 Å². The number of rotatable bonds is 15. The number of nitrogens with zero attached hydrogens (tertiary/aromatic N) is 3. The molecule has 0 bridgehead atoms. The van der Waals surface area contributed by atoms with Crippen molar-refractivity contribution in [3.63, 3.8) is 0 Å². The zero-order valence-electron chi connectivity index (χ0n) is 27.5. The van der Waals surface area contributed by atoms with Crippen LogP contribution in [0.2, 0.25) is 0 Å². The van der Waals surface area contributed by atoms with Crippen molar-refractivity contribution in [2.75, 3.05) is 26.3 Å². The van der Waals surface area contributed by atoms with Crippen LogP contribution in [0.15, 0.2) is 41.2 Å². The van der Waals surface area contributed by atoms with Crippen LogP contribution in [0, 0.1) is 45.3 Å². The van der Waals surface area contributed by atoms with E-state index in [1.807, 2.05) is 45.0 Å². The van der Waals surface area contributed by atoms with Gasteiger partial charge in [0.1, 0.15) is 5.82 Å². The van der Waals surface area contributed by atoms with Gasteiger partial charge in [0, 0.05) is 56.1 Å². The van der Waals surface area contributed by atoms with Crippen molar-refractivity contribution >= 4 is 11.9 Å². The van der Waals surface area contributed by atoms with Crippen molar-refractivity contribution in [3.8, 4) is 11.1 Å². The highest BCUT2D eigenvalue weighted by Gasteiger charge is 2.26. The van der Waals surface area contributed by atoms with Gasteiger partial charge in [0.15, 0.2) is 0 Å². The molecule has 2 N–H and O–H groups in total. The van der Waals surface area contributed by atoms with E-state index >= 15 is 4.39 Å². The van der Waals surface area contributed by atoms with Crippen LogP contribution < -0.4 is 10.9 Å². The molecule has 0 aliphatic carbocycles. The molecule has 46 heavy (non-hydrogen) atoms. The predicted molar refractivity (Wildman–Crippen MR) is 175 cm³/mol. The largest absolute Gasteiger partial charge is 0.481 e. The molecule has 1 aliphatic rings. The Bertz CT molecular complexity index is 1600. The van der Waals surface area contributed by atoms with Crippen molar-refractivity contribution < 1.29 is 23.5 Å². The van der Waals surface area contributed by atoms with Crippen molar-refractivity contribution in [1.82, 2.24) is 20.0 Å². The summed E-state index contributed by atoms with van der Waals surface area (Å²) >= 11 is 0. The normalized spacial score (nSPS) is 14.9. The van der Waals surface area contributed by atoms with Crippen LogP contribution in [0.25, 0.3) is 11.1 Å². The van der Waals surface area contributed by atoms with Gasteiger partial charge in [0.25, 0.3) is 5.56 Å². The minimum Gasteiger partial charge on any atom is -0.481 e. The van der Waals surface area contributed by atoms with Gasteiger partial charge < -0.3 is 15.3 Å². The van der Waals surface area contributed by atoms with Gasteiger partial charge in [-0.05, 0) is 92.5 Å². The second-order valence-corrected chi connectivity index (χ2v) is 13.0. The average Bonchev–Trinajstić information content (AvgIpc) is 2.97. The van der Waals surface area contributed by atoms with Crippen LogP contribution in [0.5, 0.6) is 0 Å². The number of aliphatic carboxylic acids is 1. The van der Waals surface area contributed by atoms with Gasteiger partial charge in [0.2, 0.25) is 5.91 Å². The van der Waals surface area contributed by atoms with Crippen molar-refractivity contribution in [2.24, 2.45) is 11.8 Å². The van der Waals surface area contributed by atoms with Crippen LogP contribution >= 0.6 is 0 Å². The Kier molecular flexibility index (Phi) is 11.8. The highest BCUT2D eigenvalue weighted by Crippen LogP contribution is 2.33. The topological polar surface area (TPSA) is 105 Å². The molecule has 1 fully saturated rings. The number of alkyl halides is 1. The van der Waals surface area contributed by atoms with E-state index in [9.17, 15) is 23.9 Å². The standard InChI is InChI=1S/C36H46F2N4O4/c1-22(11-14-42-36(46)26(5)16-29(40-42)12-13-41-20-27(19-37)21-41)9-10-32(43)39-31(18-33(44)45)30-17-28(15-25(4)35(30)38)34-23(2)7-6-8-24(34)3/h6-8,15-17,22,27,31H,9-14,18-21H2,1-5H3,(H,39,43)(H,44,45). The number of aryl methyl sites for hydroxylation is 5. The van der Waals surface area contributed by atoms with E-state index < -0.39 is 24.2 Å². The maximum absolute atomic E-state index is 15.5. The Labute approximate surface area is 269 Å². The number of carboxylic acids is 1. The third kappa shape index (κ3) is 8.87. The van der Waals surface area contributed by atoms with E-state index in [2.05, 4.69) is 15.3 Å². The van der Waals surface area contributed by atoms with Gasteiger partial charge in [-0.15, -0.1) is 0 Å². The molecule has 1 aromatic heterocycles. The van der Waals surface area contributed by atoms with Gasteiger partial charge >= 0.3 is 5.97 Å². The fourth-order valence-electron chi connectivity index (χ4n) is 6.26. The summed E-state index contributed by atoms with van der Waals surface area (Å²) in [6, 6.07) is 10.1. The van der Waals surface area contributed by atoms with Gasteiger partial charge in [-0.25, -0.2) is 9.07 Å². The third-order valence-corrected chi connectivity index (χ3v) is 8.98. The third-order valence-electron chi connectivity index (χ3n) is 8.98. The lowest BCUT2D eigenvalue weighted by Gasteiger charge is -2.37. The molecule has 0 radical (unpaired) electrons. The van der Waals surface area contributed by atoms with Crippen LogP contribution in [0.3, 0.4) is 0 Å². The highest BCUT2D eigenvalue weighted by atomic mass is 19.1. The summed E-state index contributed by atoms with van der Waals surface area (Å²) in [4.78, 5) is 39.8. The Morgan fingerprint density at radius 3 is 2.37 bits per heavy atom. The van der Waals surface area contributed by atoms with Crippen LogP contribution in [0.4, 0.5) is 8.78 Å². The number of carbonyl (C=O) groups excluding carboxylic acids is 1. The summed E-state index contributed by atoms with van der Waals surface area (Å²) in [6.45, 7) is 11.8. The summed E-state index contributed by atoms with van der Waals surface area (Å²) in [7, 11) is 0. The monoisotopic (exact) mass is 636 g/mol. The number of benzene rings is 2. The van der Waals surface area contributed by atoms with Gasteiger partial charge in [-0.2, -0.15) is 5.10 Å². The average molecular weight is 637 g/mol. The highest BCUT2D eigenvalue weighted by molar-refractivity contribution is 5.78. The van der Waals surface area contributed by atoms with Crippen molar-refractivity contribution in [3.05, 3.63) is 86.1 Å². The minimum absolute atomic E-state index is 0.0754. The molecule has 4 rings (SSSR count). The van der Waals surface area contributed by atoms with Gasteiger partial charge in [-0.3, -0.25) is 18.8 Å². The maximum Gasteiger partial charge on any atom is 0.305 e. The van der Waals surface area contributed by atoms with E-state index in [4.69, 9.17) is 0 Å². The molecule has 1 saturated heterocycles. The van der Waals surface area contributed by atoms with Gasteiger partial charge in [-0.1, -0.05) is 25.1 Å². The summed E-state index contributed by atoms with van der Waals surface area (Å²) in [5.41, 5.74) is 5.59. The summed E-state index contributed by atoms with van der Waals surface area (Å²) in [5.74, 6) is -1.83. The van der Waals surface area contributed by atoms with Crippen LogP contribution in [-0.2, 0) is 22.6 Å². The summed E-state index contributed by atoms with van der Waals surface area (Å²) < 4.78 is 29.7. The predicted octanol–water partition coefficient (Wildman–Crippen LogP) is 5.87. The molecular formula is C36H46F2N4O4. The molecule has 8 nitrogen and oxygen atoms in total. The lowest BCUT2D eigenvalue weighted by molar-refractivity contribution is -0.137. The lowest BCUT2D eigenvalue weighted by atomic mass is 9.90. The molecule has 10 heteroatoms. The maximum atomic E-state index is 15.5. The smallest absolute Gasteiger partial charge is 0.305 e. The molecule has 248 valence electrons. The SMILES string of the molecule is Cc1cc(-c2c(C)cccc2C)cc(C(CC(=O)O)NC(=O)CCC(C)CCn2nc(CCN3CC(CF)C3)cc(C)c2=O)c1F. The van der Waals surface area contributed by atoms with E-state index in [-0.39, 0.29) is 42.0 Å². The van der Waals surface area contributed by atoms with Crippen LogP contribution in [-0.4, -0.2) is 58.0 Å². The Balaban J connectivity index is 1.37. The molecule has 1 amide bonds. The number of hydrogen-bond acceptors (Lipinski definition) is 5. The first-order valence-corrected chi connectivity index (χ1v) is 16.1. The summed E-state index contributed by atoms with van der Waals surface area (Å²) in [6.07, 6.45) is 1.49. The number of aromatic nitrogens is 2. The molecular weight excluding hydrogens is 590 g/mol. The van der Waals surface area contributed by atoms with Crippen molar-refractivity contribution in [2.45, 2.75) is 79.3 Å². The van der Waals surface area contributed by atoms with E-state index in [1.54, 1.807) is 26.0 Å². The molecule has 2 heterocycles. The van der Waals surface area contributed by atoms with Crippen molar-refractivity contribution in [1.29, 1.82) is 0 Å². The zero-order chi connectivity index (χ0) is 33.5. The second-order valence-electron chi connectivity index (χ2n) is 13.0. The van der Waals surface area contributed by atoms with E-state index in [1.165, 1.54) is 4.68 Å². The number of halogens is 2. The number of nitrogens with one attached hydrogen (secondary N) is 1. The molecule has 3 aromatic rings. The minimum atomic E-state index is -1.14. The number of likely N-dealkylation sites (tertiary alicyclic amines) is 1. The Hall–Kier alpha value is -3.92. The Morgan fingerprint density at radius 2 is 1.72 bits per heavy atom. The fraction of sp³-hybridized carbons (Fsp3) is 0.500. The lowest BCUT2D eigenvalue weighted by Crippen LogP contribution is -2.48. The second kappa shape index (κ2) is 15.6. The number of carboxylic acid groups (broad SMARTS) is 1. The summed E-state index contributed by atoms with van der Waals surface area (Å²) in [5, 5.41) is 17.0. The molecule has 2 atom stereocenters. The number of carbonyl (C=O) groups is 2. The molecule has 1 aliphatic heterocycles. The fourth-order valence-corrected chi connectivity index (χ4v) is 6.26.